The van der Waals surface area contributed by atoms with Crippen LogP contribution in [0.1, 0.15) is 34.3 Å². The molecule has 33 heavy (non-hydrogen) atoms. The van der Waals surface area contributed by atoms with Crippen molar-refractivity contribution in [1.29, 1.82) is 0 Å². The lowest BCUT2D eigenvalue weighted by Crippen LogP contribution is -2.17. The highest BCUT2D eigenvalue weighted by atomic mass is 19.4. The number of fused-ring (bicyclic) bond motifs is 1. The number of imidazole rings is 1. The highest BCUT2D eigenvalue weighted by Crippen LogP contribution is 2.30. The number of halogens is 3. The van der Waals surface area contributed by atoms with Gasteiger partial charge in [-0.15, -0.1) is 0 Å². The van der Waals surface area contributed by atoms with E-state index in [4.69, 9.17) is 0 Å². The molecule has 0 saturated heterocycles. The molecule has 1 aromatic heterocycles. The monoisotopic (exact) mass is 456 g/mol. The third kappa shape index (κ3) is 4.70. The van der Waals surface area contributed by atoms with E-state index in [1.165, 1.54) is 18.5 Å². The van der Waals surface area contributed by atoms with Crippen molar-refractivity contribution in [2.45, 2.75) is 25.6 Å². The summed E-state index contributed by atoms with van der Waals surface area (Å²) in [6.45, 7) is 0.217. The number of anilines is 1. The van der Waals surface area contributed by atoms with Gasteiger partial charge in [0.05, 0.1) is 16.6 Å². The molecule has 3 aromatic rings. The topological polar surface area (TPSA) is 96.6 Å². The predicted octanol–water partition coefficient (Wildman–Crippen LogP) is 4.07. The van der Waals surface area contributed by atoms with Crippen LogP contribution in [0.5, 0.6) is 0 Å². The van der Waals surface area contributed by atoms with Crippen LogP contribution in [-0.2, 0) is 17.5 Å². The molecule has 2 N–H and O–H groups in total. The molecule has 0 aliphatic carbocycles. The molecule has 0 spiro atoms. The summed E-state index contributed by atoms with van der Waals surface area (Å²) in [6.07, 6.45) is -0.997. The number of allylic oxidation sites excluding steroid dienone is 1. The Morgan fingerprint density at radius 2 is 2.00 bits per heavy atom. The van der Waals surface area contributed by atoms with Crippen LogP contribution in [0.15, 0.2) is 53.7 Å². The summed E-state index contributed by atoms with van der Waals surface area (Å²) in [5, 5.41) is 11.8. The fourth-order valence-electron chi connectivity index (χ4n) is 3.54. The van der Waals surface area contributed by atoms with Crippen LogP contribution in [0.25, 0.3) is 16.6 Å². The van der Waals surface area contributed by atoms with Gasteiger partial charge in [0.1, 0.15) is 0 Å². The van der Waals surface area contributed by atoms with Gasteiger partial charge in [-0.3, -0.25) is 19.9 Å². The molecule has 2 heterocycles. The molecule has 2 aromatic carbocycles. The zero-order chi connectivity index (χ0) is 23.6. The quantitative estimate of drug-likeness (QED) is 0.584. The van der Waals surface area contributed by atoms with E-state index >= 15 is 0 Å². The Hall–Kier alpha value is -3.79. The molecular formula is C23H19F3N4O3. The number of nitrogens with one attached hydrogen (secondary N) is 1. The second-order valence-electron chi connectivity index (χ2n) is 7.40. The third-order valence-corrected chi connectivity index (χ3v) is 5.16. The van der Waals surface area contributed by atoms with Gasteiger partial charge in [-0.25, -0.2) is 4.98 Å². The number of benzene rings is 2. The summed E-state index contributed by atoms with van der Waals surface area (Å²) in [7, 11) is 0. The number of carbonyl (C=O) groups excluding carboxylic acids is 2. The van der Waals surface area contributed by atoms with E-state index in [0.717, 1.165) is 18.2 Å². The molecule has 0 bridgehead atoms. The van der Waals surface area contributed by atoms with Crippen LogP contribution in [0.3, 0.4) is 0 Å². The first-order valence-electron chi connectivity index (χ1n) is 10.1. The maximum Gasteiger partial charge on any atom is 0.416 e. The highest BCUT2D eigenvalue weighted by Gasteiger charge is 2.31. The van der Waals surface area contributed by atoms with Crippen molar-refractivity contribution in [3.8, 4) is 0 Å². The Morgan fingerprint density at radius 1 is 1.18 bits per heavy atom. The van der Waals surface area contributed by atoms with Crippen LogP contribution in [-0.4, -0.2) is 39.2 Å². The van der Waals surface area contributed by atoms with E-state index in [-0.39, 0.29) is 30.3 Å². The number of aromatic nitrogens is 2. The fourth-order valence-corrected chi connectivity index (χ4v) is 3.54. The molecule has 7 nitrogen and oxygen atoms in total. The number of aliphatic hydroxyl groups excluding tert-OH is 1. The van der Waals surface area contributed by atoms with E-state index in [9.17, 15) is 27.9 Å². The number of aryl methyl sites for hydroxylation is 1. The number of hydrogen-bond acceptors (Lipinski definition) is 5. The summed E-state index contributed by atoms with van der Waals surface area (Å²) in [4.78, 5) is 33.4. The molecule has 0 fully saturated rings. The second-order valence-corrected chi connectivity index (χ2v) is 7.40. The molecule has 10 heteroatoms. The number of aliphatic hydroxyl groups is 1. The molecule has 0 radical (unpaired) electrons. The average Bonchev–Trinajstić information content (AvgIpc) is 3.13. The predicted molar refractivity (Wildman–Crippen MR) is 117 cm³/mol. The lowest BCUT2D eigenvalue weighted by molar-refractivity contribution is -0.137. The summed E-state index contributed by atoms with van der Waals surface area (Å²) in [6, 6.07) is 9.27. The number of hydrogen-bond donors (Lipinski definition) is 2. The maximum absolute atomic E-state index is 13.0. The largest absolute Gasteiger partial charge is 0.416 e. The summed E-state index contributed by atoms with van der Waals surface area (Å²) in [5.74, 6) is -0.705. The van der Waals surface area contributed by atoms with Crippen molar-refractivity contribution in [1.82, 2.24) is 9.55 Å². The van der Waals surface area contributed by atoms with E-state index in [1.807, 2.05) is 0 Å². The smallest absolute Gasteiger partial charge is 0.396 e. The summed E-state index contributed by atoms with van der Waals surface area (Å²) >= 11 is 0. The maximum atomic E-state index is 13.0. The number of aliphatic imine (C=N–C) groups is 1. The molecule has 1 aliphatic rings. The highest BCUT2D eigenvalue weighted by molar-refractivity contribution is 6.25. The standard InChI is InChI=1S/C23H19F3N4O3/c24-23(25,26)16-4-1-3-15(11-16)21(33)29-22-28-18-12-14(17-13-27-8-7-20(17)32)5-6-19(18)30(22)9-2-10-31/h1,3-6,8,11-13,31H,2,7,9-10H2,(H,28,29,33). The van der Waals surface area contributed by atoms with Crippen LogP contribution >= 0.6 is 0 Å². The molecule has 4 rings (SSSR count). The molecule has 1 aliphatic heterocycles. The van der Waals surface area contributed by atoms with Crippen LogP contribution in [0.2, 0.25) is 0 Å². The molecular weight excluding hydrogens is 437 g/mol. The Bertz CT molecular complexity index is 1290. The number of alkyl halides is 3. The zero-order valence-electron chi connectivity index (χ0n) is 17.3. The fraction of sp³-hybridized carbons (Fsp3) is 0.217. The third-order valence-electron chi connectivity index (χ3n) is 5.16. The van der Waals surface area contributed by atoms with Crippen LogP contribution < -0.4 is 5.32 Å². The van der Waals surface area contributed by atoms with Crippen molar-refractivity contribution in [2.24, 2.45) is 4.99 Å². The minimum absolute atomic E-state index is 0.0814. The first kappa shape index (κ1) is 22.4. The second kappa shape index (κ2) is 8.99. The number of Topliss-reactive ketones (excluding diaryl/α,β-unsaturated/α-hetero) is 1. The Labute approximate surface area is 186 Å². The molecule has 1 amide bonds. The van der Waals surface area contributed by atoms with Gasteiger partial charge in [-0.05, 0) is 42.3 Å². The van der Waals surface area contributed by atoms with Gasteiger partial charge < -0.3 is 9.67 Å². The van der Waals surface area contributed by atoms with Gasteiger partial charge in [-0.2, -0.15) is 13.2 Å². The average molecular weight is 456 g/mol. The Balaban J connectivity index is 1.70. The Morgan fingerprint density at radius 3 is 2.73 bits per heavy atom. The number of ketones is 1. The van der Waals surface area contributed by atoms with Gasteiger partial charge >= 0.3 is 6.18 Å². The number of rotatable bonds is 6. The minimum Gasteiger partial charge on any atom is -0.396 e. The van der Waals surface area contributed by atoms with Gasteiger partial charge in [-0.1, -0.05) is 12.1 Å². The first-order chi connectivity index (χ1) is 15.8. The van der Waals surface area contributed by atoms with E-state index in [2.05, 4.69) is 15.3 Å². The normalized spacial score (nSPS) is 13.9. The van der Waals surface area contributed by atoms with Crippen LogP contribution in [0.4, 0.5) is 19.1 Å². The molecule has 0 atom stereocenters. The van der Waals surface area contributed by atoms with Crippen molar-refractivity contribution in [2.75, 3.05) is 11.9 Å². The zero-order valence-corrected chi connectivity index (χ0v) is 17.3. The lowest BCUT2D eigenvalue weighted by Gasteiger charge is -2.11. The molecule has 170 valence electrons. The van der Waals surface area contributed by atoms with E-state index in [1.54, 1.807) is 22.8 Å². The first-order valence-corrected chi connectivity index (χ1v) is 10.1. The minimum atomic E-state index is -4.57. The van der Waals surface area contributed by atoms with E-state index in [0.29, 0.717) is 35.1 Å². The van der Waals surface area contributed by atoms with Crippen molar-refractivity contribution < 1.29 is 27.9 Å². The summed E-state index contributed by atoms with van der Waals surface area (Å²) < 4.78 is 40.7. The lowest BCUT2D eigenvalue weighted by atomic mass is 9.99. The summed E-state index contributed by atoms with van der Waals surface area (Å²) in [5.41, 5.74) is 1.08. The SMILES string of the molecule is O=C1CC=NC=C1c1ccc2c(c1)nc(NC(=O)c1cccc(C(F)(F)F)c1)n2CCCO. The van der Waals surface area contributed by atoms with Gasteiger partial charge in [0, 0.05) is 43.1 Å². The molecule has 0 saturated carbocycles. The van der Waals surface area contributed by atoms with Gasteiger partial charge in [0.15, 0.2) is 5.78 Å². The van der Waals surface area contributed by atoms with Crippen molar-refractivity contribution >= 4 is 40.5 Å². The van der Waals surface area contributed by atoms with Crippen molar-refractivity contribution in [3.63, 3.8) is 0 Å². The van der Waals surface area contributed by atoms with E-state index < -0.39 is 17.6 Å². The van der Waals surface area contributed by atoms with Crippen LogP contribution in [0, 0.1) is 0 Å². The molecule has 0 unspecified atom stereocenters. The van der Waals surface area contributed by atoms with Gasteiger partial charge in [0.25, 0.3) is 5.91 Å². The van der Waals surface area contributed by atoms with Crippen molar-refractivity contribution in [3.05, 3.63) is 65.4 Å². The number of amides is 1. The van der Waals surface area contributed by atoms with Gasteiger partial charge in [0.2, 0.25) is 5.95 Å². The number of carbonyl (C=O) groups is 2. The Kier molecular flexibility index (Phi) is 6.10. The number of nitrogens with zero attached hydrogens (tertiary/aromatic N) is 3.